The number of nitrogens with zero attached hydrogens (tertiary/aromatic N) is 3. The van der Waals surface area contributed by atoms with Crippen molar-refractivity contribution in [3.63, 3.8) is 0 Å². The van der Waals surface area contributed by atoms with Crippen LogP contribution in [0.4, 0.5) is 0 Å². The molecule has 0 bridgehead atoms. The summed E-state index contributed by atoms with van der Waals surface area (Å²) < 4.78 is 10.8. The molecule has 3 aliphatic heterocycles. The van der Waals surface area contributed by atoms with E-state index in [4.69, 9.17) is 9.47 Å². The maximum absolute atomic E-state index is 12.7. The van der Waals surface area contributed by atoms with E-state index in [2.05, 4.69) is 4.98 Å². The highest BCUT2D eigenvalue weighted by atomic mass is 16.5. The van der Waals surface area contributed by atoms with Gasteiger partial charge in [-0.2, -0.15) is 0 Å². The number of aromatic nitrogens is 1. The molecule has 0 saturated carbocycles. The Balaban J connectivity index is 1.39. The first-order valence-corrected chi connectivity index (χ1v) is 9.82. The van der Waals surface area contributed by atoms with Crippen molar-refractivity contribution < 1.29 is 19.1 Å². The molecule has 7 nitrogen and oxygen atoms in total. The molecule has 4 rings (SSSR count). The third-order valence-corrected chi connectivity index (χ3v) is 6.13. The van der Waals surface area contributed by atoms with Crippen LogP contribution in [0.3, 0.4) is 0 Å². The minimum Gasteiger partial charge on any atom is -0.381 e. The largest absolute Gasteiger partial charge is 0.381 e. The second kappa shape index (κ2) is 7.94. The van der Waals surface area contributed by atoms with Gasteiger partial charge in [0, 0.05) is 57.8 Å². The number of carbonyl (C=O) groups is 2. The first-order chi connectivity index (χ1) is 13.2. The standard InChI is InChI=1S/C20H27N3O4/c1-26-18-17(14-2-8-21-9-3-14)23(20(18)25)16-4-10-22(11-5-16)19(24)15-6-12-27-13-7-15/h2-3,8-9,15-18H,4-7,10-13H2,1H3/t17-,18+/m0/s1. The predicted octanol–water partition coefficient (Wildman–Crippen LogP) is 1.40. The molecule has 0 N–H and O–H groups in total. The number of carbonyl (C=O) groups excluding carboxylic acids is 2. The summed E-state index contributed by atoms with van der Waals surface area (Å²) in [5, 5.41) is 0. The van der Waals surface area contributed by atoms with E-state index in [1.54, 1.807) is 19.5 Å². The average molecular weight is 373 g/mol. The predicted molar refractivity (Wildman–Crippen MR) is 97.8 cm³/mol. The SMILES string of the molecule is CO[C@H]1C(=O)N(C2CCN(C(=O)C3CCOCC3)CC2)[C@H]1c1ccncc1. The van der Waals surface area contributed by atoms with Crippen LogP contribution in [-0.2, 0) is 19.1 Å². The first kappa shape index (κ1) is 18.4. The van der Waals surface area contributed by atoms with Gasteiger partial charge in [0.05, 0.1) is 6.04 Å². The Hall–Kier alpha value is -1.99. The van der Waals surface area contributed by atoms with Crippen molar-refractivity contribution in [3.8, 4) is 0 Å². The summed E-state index contributed by atoms with van der Waals surface area (Å²) in [5.41, 5.74) is 1.05. The molecule has 2 amide bonds. The Morgan fingerprint density at radius 3 is 2.44 bits per heavy atom. The van der Waals surface area contributed by atoms with Crippen LogP contribution in [0.1, 0.15) is 37.3 Å². The van der Waals surface area contributed by atoms with Crippen molar-refractivity contribution in [2.24, 2.45) is 5.92 Å². The molecule has 3 saturated heterocycles. The van der Waals surface area contributed by atoms with E-state index in [0.717, 1.165) is 31.2 Å². The second-order valence-corrected chi connectivity index (χ2v) is 7.57. The molecule has 2 atom stereocenters. The first-order valence-electron chi connectivity index (χ1n) is 9.82. The van der Waals surface area contributed by atoms with E-state index in [-0.39, 0.29) is 29.8 Å². The molecule has 146 valence electrons. The fourth-order valence-corrected chi connectivity index (χ4v) is 4.58. The van der Waals surface area contributed by atoms with Gasteiger partial charge in [-0.3, -0.25) is 14.6 Å². The topological polar surface area (TPSA) is 72.0 Å². The highest BCUT2D eigenvalue weighted by Crippen LogP contribution is 2.40. The van der Waals surface area contributed by atoms with Crippen LogP contribution < -0.4 is 0 Å². The zero-order valence-electron chi connectivity index (χ0n) is 15.8. The summed E-state index contributed by atoms with van der Waals surface area (Å²) in [6, 6.07) is 3.98. The zero-order chi connectivity index (χ0) is 18.8. The van der Waals surface area contributed by atoms with Gasteiger partial charge in [-0.15, -0.1) is 0 Å². The summed E-state index contributed by atoms with van der Waals surface area (Å²) in [4.78, 5) is 33.4. The number of pyridine rings is 1. The van der Waals surface area contributed by atoms with Gasteiger partial charge in [0.1, 0.15) is 0 Å². The lowest BCUT2D eigenvalue weighted by Crippen LogP contribution is -2.64. The Morgan fingerprint density at radius 1 is 1.15 bits per heavy atom. The Bertz CT molecular complexity index is 669. The van der Waals surface area contributed by atoms with E-state index < -0.39 is 6.10 Å². The molecule has 4 heterocycles. The van der Waals surface area contributed by atoms with Gasteiger partial charge in [0.25, 0.3) is 5.91 Å². The van der Waals surface area contributed by atoms with E-state index in [1.165, 1.54) is 0 Å². The molecular weight excluding hydrogens is 346 g/mol. The summed E-state index contributed by atoms with van der Waals surface area (Å²) in [6.45, 7) is 2.79. The van der Waals surface area contributed by atoms with Crippen molar-refractivity contribution in [2.45, 2.75) is 43.9 Å². The fourth-order valence-electron chi connectivity index (χ4n) is 4.58. The summed E-state index contributed by atoms with van der Waals surface area (Å²) in [5.74, 6) is 0.407. The normalized spacial score (nSPS) is 27.5. The lowest BCUT2D eigenvalue weighted by atomic mass is 9.86. The van der Waals surface area contributed by atoms with Gasteiger partial charge >= 0.3 is 0 Å². The van der Waals surface area contributed by atoms with Gasteiger partial charge in [-0.1, -0.05) is 0 Å². The molecule has 1 aromatic rings. The molecule has 0 aliphatic carbocycles. The lowest BCUT2D eigenvalue weighted by Gasteiger charge is -2.52. The Kier molecular flexibility index (Phi) is 5.41. The third kappa shape index (κ3) is 3.46. The van der Waals surface area contributed by atoms with Gasteiger partial charge < -0.3 is 19.3 Å². The van der Waals surface area contributed by atoms with Gasteiger partial charge in [0.2, 0.25) is 5.91 Å². The van der Waals surface area contributed by atoms with Crippen molar-refractivity contribution >= 4 is 11.8 Å². The number of rotatable bonds is 4. The number of hydrogen-bond acceptors (Lipinski definition) is 5. The highest BCUT2D eigenvalue weighted by Gasteiger charge is 2.51. The number of likely N-dealkylation sites (tertiary alicyclic amines) is 2. The van der Waals surface area contributed by atoms with Gasteiger partial charge in [-0.05, 0) is 43.4 Å². The summed E-state index contributed by atoms with van der Waals surface area (Å²) >= 11 is 0. The minimum absolute atomic E-state index is 0.0496. The van der Waals surface area contributed by atoms with Crippen molar-refractivity contribution in [3.05, 3.63) is 30.1 Å². The molecule has 7 heteroatoms. The molecule has 3 fully saturated rings. The van der Waals surface area contributed by atoms with Gasteiger partial charge in [-0.25, -0.2) is 0 Å². The Labute approximate surface area is 159 Å². The molecule has 3 aliphatic rings. The molecule has 0 aromatic carbocycles. The number of piperidine rings is 1. The smallest absolute Gasteiger partial charge is 0.255 e. The van der Waals surface area contributed by atoms with E-state index >= 15 is 0 Å². The second-order valence-electron chi connectivity index (χ2n) is 7.57. The number of methoxy groups -OCH3 is 1. The summed E-state index contributed by atoms with van der Waals surface area (Å²) in [7, 11) is 1.59. The number of hydrogen-bond donors (Lipinski definition) is 0. The van der Waals surface area contributed by atoms with E-state index in [1.807, 2.05) is 21.9 Å². The van der Waals surface area contributed by atoms with Gasteiger partial charge in [0.15, 0.2) is 6.10 Å². The number of ether oxygens (including phenoxy) is 2. The molecule has 0 unspecified atom stereocenters. The van der Waals surface area contributed by atoms with Crippen LogP contribution in [0, 0.1) is 5.92 Å². The Morgan fingerprint density at radius 2 is 1.81 bits per heavy atom. The van der Waals surface area contributed by atoms with Crippen molar-refractivity contribution in [1.82, 2.24) is 14.8 Å². The monoisotopic (exact) mass is 373 g/mol. The maximum atomic E-state index is 12.7. The molecule has 1 aromatic heterocycles. The van der Waals surface area contributed by atoms with Crippen LogP contribution in [0.5, 0.6) is 0 Å². The van der Waals surface area contributed by atoms with E-state index in [9.17, 15) is 9.59 Å². The van der Waals surface area contributed by atoms with Crippen LogP contribution in [0.15, 0.2) is 24.5 Å². The number of amides is 2. The zero-order valence-corrected chi connectivity index (χ0v) is 15.8. The van der Waals surface area contributed by atoms with Crippen LogP contribution in [0.25, 0.3) is 0 Å². The van der Waals surface area contributed by atoms with Crippen LogP contribution >= 0.6 is 0 Å². The third-order valence-electron chi connectivity index (χ3n) is 6.13. The van der Waals surface area contributed by atoms with Crippen LogP contribution in [-0.4, -0.2) is 72.2 Å². The summed E-state index contributed by atoms with van der Waals surface area (Å²) in [6.07, 6.45) is 6.36. The molecule has 27 heavy (non-hydrogen) atoms. The lowest BCUT2D eigenvalue weighted by molar-refractivity contribution is -0.179. The molecule has 0 radical (unpaired) electrons. The minimum atomic E-state index is -0.422. The molecular formula is C20H27N3O4. The maximum Gasteiger partial charge on any atom is 0.255 e. The number of β-lactam (4-membered cyclic amide) rings is 1. The quantitative estimate of drug-likeness (QED) is 0.746. The van der Waals surface area contributed by atoms with Crippen molar-refractivity contribution in [1.29, 1.82) is 0 Å². The highest BCUT2D eigenvalue weighted by molar-refractivity contribution is 5.89. The van der Waals surface area contributed by atoms with Crippen molar-refractivity contribution in [2.75, 3.05) is 33.4 Å². The fraction of sp³-hybridized carbons (Fsp3) is 0.650. The average Bonchev–Trinajstić information content (AvgIpc) is 2.73. The molecule has 0 spiro atoms. The van der Waals surface area contributed by atoms with Crippen LogP contribution in [0.2, 0.25) is 0 Å². The van der Waals surface area contributed by atoms with E-state index in [0.29, 0.717) is 26.3 Å².